The number of rotatable bonds is 5. The van der Waals surface area contributed by atoms with Crippen LogP contribution < -0.4 is 10.9 Å². The number of aromatic amines is 1. The van der Waals surface area contributed by atoms with Crippen LogP contribution in [-0.2, 0) is 34.6 Å². The molecule has 0 spiro atoms. The first-order valence-electron chi connectivity index (χ1n) is 15.6. The topological polar surface area (TPSA) is 102 Å². The van der Waals surface area contributed by atoms with Gasteiger partial charge in [0.15, 0.2) is 6.29 Å². The van der Waals surface area contributed by atoms with Crippen molar-refractivity contribution in [2.24, 2.45) is 0 Å². The maximum absolute atomic E-state index is 6.03. The van der Waals surface area contributed by atoms with Gasteiger partial charge in [-0.2, -0.15) is 10.2 Å². The predicted molar refractivity (Wildman–Crippen MR) is 181 cm³/mol. The first kappa shape index (κ1) is 37.4. The summed E-state index contributed by atoms with van der Waals surface area (Å²) >= 11 is 3.18. The molecule has 1 atom stereocenters. The van der Waals surface area contributed by atoms with E-state index in [1.807, 2.05) is 68.5 Å². The van der Waals surface area contributed by atoms with E-state index in [0.717, 1.165) is 48.5 Å². The Morgan fingerprint density at radius 1 is 0.889 bits per heavy atom. The average molecular weight is 687 g/mol. The van der Waals surface area contributed by atoms with Crippen LogP contribution in [-0.4, -0.2) is 81.5 Å². The van der Waals surface area contributed by atoms with E-state index in [0.29, 0.717) is 13.2 Å². The fourth-order valence-corrected chi connectivity index (χ4v) is 4.47. The van der Waals surface area contributed by atoms with Crippen LogP contribution in [0.1, 0.15) is 88.0 Å². The lowest BCUT2D eigenvalue weighted by Gasteiger charge is -2.32. The van der Waals surface area contributed by atoms with Crippen molar-refractivity contribution in [1.82, 2.24) is 20.0 Å². The fraction of sp³-hybridized carbons (Fsp3) is 0.688. The number of halogens is 1. The number of ether oxygens (including phenoxy) is 2. The van der Waals surface area contributed by atoms with Gasteiger partial charge in [-0.1, -0.05) is 40.6 Å². The molecule has 10 nitrogen and oxygen atoms in total. The highest BCUT2D eigenvalue weighted by atomic mass is 79.9. The van der Waals surface area contributed by atoms with Gasteiger partial charge in [-0.3, -0.25) is 9.78 Å². The largest absolute Gasteiger partial charge is 0.498 e. The second-order valence-corrected chi connectivity index (χ2v) is 13.5. The second kappa shape index (κ2) is 16.6. The lowest BCUT2D eigenvalue weighted by Crippen LogP contribution is -2.41. The van der Waals surface area contributed by atoms with E-state index in [9.17, 15) is 0 Å². The first-order valence-corrected chi connectivity index (χ1v) is 16.8. The molecule has 0 bridgehead atoms. The van der Waals surface area contributed by atoms with Crippen LogP contribution >= 0.6 is 15.9 Å². The average Bonchev–Trinajstić information content (AvgIpc) is 3.75. The molecule has 0 amide bonds. The summed E-state index contributed by atoms with van der Waals surface area (Å²) in [6.45, 7) is 20.0. The summed E-state index contributed by atoms with van der Waals surface area (Å²) in [5.41, 5.74) is 0.580. The molecule has 3 fully saturated rings. The normalized spacial score (nSPS) is 22.1. The molecular weight excluding hydrogens is 638 g/mol. The van der Waals surface area contributed by atoms with Crippen LogP contribution in [0.25, 0.3) is 0 Å². The molecule has 3 aliphatic heterocycles. The van der Waals surface area contributed by atoms with Gasteiger partial charge in [-0.05, 0) is 74.7 Å². The molecule has 5 rings (SSSR count). The molecule has 3 aliphatic rings. The summed E-state index contributed by atoms with van der Waals surface area (Å²) in [5, 5.41) is 11.8. The van der Waals surface area contributed by atoms with Crippen LogP contribution in [0.5, 0.6) is 0 Å². The third kappa shape index (κ3) is 10.7. The number of H-pyrrole nitrogens is 1. The van der Waals surface area contributed by atoms with Gasteiger partial charge in [0.25, 0.3) is 0 Å². The van der Waals surface area contributed by atoms with E-state index < -0.39 is 7.12 Å². The number of nitrogens with one attached hydrogen (secondary N) is 1. The van der Waals surface area contributed by atoms with Gasteiger partial charge in [0.1, 0.15) is 13.2 Å². The molecule has 0 saturated carbocycles. The summed E-state index contributed by atoms with van der Waals surface area (Å²) in [6, 6.07) is 0. The Morgan fingerprint density at radius 3 is 2.00 bits per heavy atom. The van der Waals surface area contributed by atoms with E-state index in [-0.39, 0.29) is 35.8 Å². The van der Waals surface area contributed by atoms with E-state index >= 15 is 0 Å². The highest BCUT2D eigenvalue weighted by Crippen LogP contribution is 2.37. The van der Waals surface area contributed by atoms with Gasteiger partial charge in [0.2, 0.25) is 0 Å². The van der Waals surface area contributed by atoms with Crippen LogP contribution in [0.15, 0.2) is 24.8 Å². The number of aromatic nitrogens is 4. The summed E-state index contributed by atoms with van der Waals surface area (Å²) in [7, 11) is -0.697. The molecule has 0 radical (unpaired) electrons. The Hall–Kier alpha value is -2.09. The molecule has 2 aromatic heterocycles. The first-order chi connectivity index (χ1) is 21.2. The molecule has 246 valence electrons. The van der Waals surface area contributed by atoms with Crippen LogP contribution in [0, 0.1) is 23.7 Å². The maximum Gasteiger partial charge on any atom is 0.498 e. The Morgan fingerprint density at radius 2 is 1.51 bits per heavy atom. The SMILES string of the molecule is CC1(C)OB(c2cn[nH]c2)OC1(C)C.CC1(C)OB(c2cnn(CC#CCOC3CCCCO3)c2)OC1(C)C.CCC#CCBr. The molecule has 3 saturated heterocycles. The zero-order valence-electron chi connectivity index (χ0n) is 28.4. The molecule has 2 aromatic rings. The lowest BCUT2D eigenvalue weighted by molar-refractivity contribution is -0.154. The zero-order valence-corrected chi connectivity index (χ0v) is 30.0. The third-order valence-electron chi connectivity index (χ3n) is 8.44. The molecule has 13 heteroatoms. The summed E-state index contributed by atoms with van der Waals surface area (Å²) in [4.78, 5) is 0. The van der Waals surface area contributed by atoms with Crippen LogP contribution in [0.3, 0.4) is 0 Å². The smallest absolute Gasteiger partial charge is 0.399 e. The Balaban J connectivity index is 0.000000231. The van der Waals surface area contributed by atoms with Gasteiger partial charge >= 0.3 is 14.2 Å². The summed E-state index contributed by atoms with van der Waals surface area (Å²) < 4.78 is 36.6. The highest BCUT2D eigenvalue weighted by Gasteiger charge is 2.53. The van der Waals surface area contributed by atoms with E-state index in [1.54, 1.807) is 23.3 Å². The third-order valence-corrected chi connectivity index (χ3v) is 8.72. The summed E-state index contributed by atoms with van der Waals surface area (Å²) in [5.74, 6) is 11.8. The van der Waals surface area contributed by atoms with Crippen molar-refractivity contribution in [2.45, 2.75) is 123 Å². The van der Waals surface area contributed by atoms with Gasteiger partial charge in [0.05, 0.1) is 27.7 Å². The van der Waals surface area contributed by atoms with E-state index in [2.05, 4.69) is 54.9 Å². The number of nitrogens with zero attached hydrogens (tertiary/aromatic N) is 3. The minimum absolute atomic E-state index is 0.0947. The van der Waals surface area contributed by atoms with Crippen molar-refractivity contribution in [1.29, 1.82) is 0 Å². The Kier molecular flexibility index (Phi) is 13.8. The lowest BCUT2D eigenvalue weighted by atomic mass is 9.82. The minimum Gasteiger partial charge on any atom is -0.399 e. The van der Waals surface area contributed by atoms with Crippen molar-refractivity contribution in [3.63, 3.8) is 0 Å². The van der Waals surface area contributed by atoms with Crippen LogP contribution in [0.4, 0.5) is 0 Å². The predicted octanol–water partition coefficient (Wildman–Crippen LogP) is 4.23. The second-order valence-electron chi connectivity index (χ2n) is 13.0. The fourth-order valence-electron chi connectivity index (χ4n) is 4.27. The molecule has 1 N–H and O–H groups in total. The molecular formula is C32H49B2BrN4O6. The van der Waals surface area contributed by atoms with E-state index in [4.69, 9.17) is 28.1 Å². The Bertz CT molecular complexity index is 1260. The number of alkyl halides is 1. The maximum atomic E-state index is 6.03. The molecule has 5 heterocycles. The molecule has 0 aliphatic carbocycles. The number of hydrogen-bond donors (Lipinski definition) is 1. The van der Waals surface area contributed by atoms with Crippen molar-refractivity contribution in [3.8, 4) is 23.7 Å². The van der Waals surface area contributed by atoms with Gasteiger partial charge in [-0.15, -0.1) is 5.92 Å². The van der Waals surface area contributed by atoms with Crippen molar-refractivity contribution in [3.05, 3.63) is 24.8 Å². The molecule has 45 heavy (non-hydrogen) atoms. The Labute approximate surface area is 278 Å². The number of hydrogen-bond acceptors (Lipinski definition) is 8. The van der Waals surface area contributed by atoms with Crippen molar-refractivity contribution >= 4 is 41.1 Å². The van der Waals surface area contributed by atoms with Crippen molar-refractivity contribution in [2.75, 3.05) is 18.5 Å². The van der Waals surface area contributed by atoms with Crippen LogP contribution in [0.2, 0.25) is 0 Å². The van der Waals surface area contributed by atoms with Gasteiger partial charge < -0.3 is 28.1 Å². The quantitative estimate of drug-likeness (QED) is 0.284. The highest BCUT2D eigenvalue weighted by molar-refractivity contribution is 9.09. The van der Waals surface area contributed by atoms with Crippen molar-refractivity contribution < 1.29 is 28.1 Å². The molecule has 0 aromatic carbocycles. The van der Waals surface area contributed by atoms with E-state index in [1.165, 1.54) is 0 Å². The summed E-state index contributed by atoms with van der Waals surface area (Å²) in [6.07, 6.45) is 11.3. The standard InChI is InChI=1S/C18H27BN2O4.C9H15BN2O2.C5H7Br/c1-17(2)18(3,4)25-19(24-17)15-13-20-21(14-15)10-6-8-12-23-16-9-5-7-11-22-16;1-8(2)9(3,4)14-10(13-8)7-5-11-12-6-7;1-2-3-4-5-6/h13-14,16H,5,7,9-12H2,1-4H3;5-6H,1-4H3,(H,11,12);2,5H2,1H3. The van der Waals surface area contributed by atoms with Gasteiger partial charge in [0, 0.05) is 48.7 Å². The minimum atomic E-state index is -0.390. The zero-order chi connectivity index (χ0) is 33.1. The molecule has 1 unspecified atom stereocenters. The monoisotopic (exact) mass is 686 g/mol. The van der Waals surface area contributed by atoms with Gasteiger partial charge in [-0.25, -0.2) is 0 Å².